The second-order valence-electron chi connectivity index (χ2n) is 7.19. The number of benzene rings is 2. The van der Waals surface area contributed by atoms with Crippen LogP contribution in [0, 0.1) is 27.7 Å². The molecule has 1 aliphatic heterocycles. The zero-order chi connectivity index (χ0) is 18.8. The molecule has 27 heavy (non-hydrogen) atoms. The van der Waals surface area contributed by atoms with E-state index >= 15 is 0 Å². The zero-order valence-electron chi connectivity index (χ0n) is 17.0. The van der Waals surface area contributed by atoms with Gasteiger partial charge in [-0.15, -0.1) is 0 Å². The molecule has 1 saturated heterocycles. The van der Waals surface area contributed by atoms with E-state index in [9.17, 15) is 0 Å². The van der Waals surface area contributed by atoms with Gasteiger partial charge in [-0.1, -0.05) is 36.4 Å². The smallest absolute Gasteiger partial charge is 0.172 e. The monoisotopic (exact) mass is 406 g/mol. The summed E-state index contributed by atoms with van der Waals surface area (Å²) in [6, 6.07) is 12.6. The predicted octanol–water partition coefficient (Wildman–Crippen LogP) is 4.56. The summed E-state index contributed by atoms with van der Waals surface area (Å²) < 4.78 is 0. The van der Waals surface area contributed by atoms with E-state index in [0.717, 1.165) is 36.1 Å². The van der Waals surface area contributed by atoms with Crippen LogP contribution in [0.15, 0.2) is 46.4 Å². The maximum atomic E-state index is 5.06. The number of amidine groups is 2. The molecule has 0 N–H and O–H groups in total. The van der Waals surface area contributed by atoms with E-state index in [0.29, 0.717) is 0 Å². The summed E-state index contributed by atoms with van der Waals surface area (Å²) in [5.74, 6) is 1.86. The van der Waals surface area contributed by atoms with Crippen LogP contribution in [0.4, 0.5) is 11.4 Å². The number of hydrogen-bond donors (Lipinski definition) is 0. The first-order valence-electron chi connectivity index (χ1n) is 9.11. The zero-order valence-corrected chi connectivity index (χ0v) is 18.0. The van der Waals surface area contributed by atoms with E-state index in [2.05, 4.69) is 88.0 Å². The minimum atomic E-state index is 0. The average molecular weight is 407 g/mol. The largest absolute Gasteiger partial charge is 0.355 e. The fourth-order valence-corrected chi connectivity index (χ4v) is 3.30. The van der Waals surface area contributed by atoms with Gasteiger partial charge in [-0.3, -0.25) is 0 Å². The Hall–Kier alpha value is -2.13. The fourth-order valence-electron chi connectivity index (χ4n) is 3.30. The average Bonchev–Trinajstić information content (AvgIpc) is 2.59. The van der Waals surface area contributed by atoms with Crippen molar-refractivity contribution in [1.82, 2.24) is 9.80 Å². The van der Waals surface area contributed by atoms with Gasteiger partial charge in [-0.25, -0.2) is 9.98 Å². The molecule has 5 heteroatoms. The number of aryl methyl sites for hydroxylation is 4. The van der Waals surface area contributed by atoms with Gasteiger partial charge in [0.25, 0.3) is 0 Å². The summed E-state index contributed by atoms with van der Waals surface area (Å²) in [5.41, 5.74) is 6.82. The van der Waals surface area contributed by atoms with Crippen molar-refractivity contribution in [3.05, 3.63) is 58.7 Å². The maximum absolute atomic E-state index is 5.06. The summed E-state index contributed by atoms with van der Waals surface area (Å²) in [6.45, 7) is 10.3. The molecule has 0 saturated carbocycles. The third-order valence-corrected chi connectivity index (χ3v) is 5.01. The normalized spacial score (nSPS) is 17.4. The van der Waals surface area contributed by atoms with Crippen LogP contribution in [0.5, 0.6) is 0 Å². The minimum absolute atomic E-state index is 0. The molecule has 4 nitrogen and oxygen atoms in total. The van der Waals surface area contributed by atoms with Gasteiger partial charge in [0.05, 0.1) is 11.4 Å². The molecule has 0 aliphatic carbocycles. The van der Waals surface area contributed by atoms with E-state index < -0.39 is 0 Å². The van der Waals surface area contributed by atoms with Gasteiger partial charge in [-0.2, -0.15) is 0 Å². The molecule has 1 heterocycles. The second-order valence-corrected chi connectivity index (χ2v) is 7.19. The fraction of sp³-hybridized carbons (Fsp3) is 0.364. The molecular formula is C22H28N4Ni. The first kappa shape index (κ1) is 21.2. The Kier molecular flexibility index (Phi) is 6.83. The number of para-hydroxylation sites is 2. The Bertz CT molecular complexity index is 772. The SMILES string of the molecule is Cc1cccc(C)c1N=C1C(=Nc2c(C)cccc2C)N(C)CCN1C.[Ni]. The maximum Gasteiger partial charge on any atom is 0.172 e. The van der Waals surface area contributed by atoms with Crippen LogP contribution in [0.1, 0.15) is 22.3 Å². The number of piperazine rings is 1. The number of hydrogen-bond acceptors (Lipinski definition) is 2. The quantitative estimate of drug-likeness (QED) is 0.684. The topological polar surface area (TPSA) is 31.2 Å². The number of rotatable bonds is 2. The molecule has 1 aliphatic rings. The van der Waals surface area contributed by atoms with Gasteiger partial charge in [-0.05, 0) is 49.9 Å². The third-order valence-electron chi connectivity index (χ3n) is 5.01. The first-order chi connectivity index (χ1) is 12.4. The van der Waals surface area contributed by atoms with Gasteiger partial charge < -0.3 is 9.80 Å². The Morgan fingerprint density at radius 3 is 1.22 bits per heavy atom. The molecule has 2 aromatic carbocycles. The van der Waals surface area contributed by atoms with E-state index in [1.165, 1.54) is 22.3 Å². The van der Waals surface area contributed by atoms with Gasteiger partial charge >= 0.3 is 0 Å². The van der Waals surface area contributed by atoms with E-state index in [-0.39, 0.29) is 16.5 Å². The third kappa shape index (κ3) is 4.41. The summed E-state index contributed by atoms with van der Waals surface area (Å²) in [6.07, 6.45) is 0. The summed E-state index contributed by atoms with van der Waals surface area (Å²) in [4.78, 5) is 14.5. The molecule has 0 unspecified atom stereocenters. The molecule has 1 fully saturated rings. The van der Waals surface area contributed by atoms with Crippen LogP contribution in [-0.4, -0.2) is 48.7 Å². The first-order valence-corrected chi connectivity index (χ1v) is 9.11. The molecule has 0 aromatic heterocycles. The second kappa shape index (κ2) is 8.71. The molecule has 0 atom stereocenters. The van der Waals surface area contributed by atoms with Crippen molar-refractivity contribution >= 4 is 23.0 Å². The molecule has 0 bridgehead atoms. The molecule has 0 radical (unpaired) electrons. The van der Waals surface area contributed by atoms with E-state index in [1.807, 2.05) is 0 Å². The molecule has 2 aromatic rings. The van der Waals surface area contributed by atoms with E-state index in [1.54, 1.807) is 0 Å². The summed E-state index contributed by atoms with van der Waals surface area (Å²) >= 11 is 0. The van der Waals surface area contributed by atoms with Crippen LogP contribution < -0.4 is 0 Å². The Morgan fingerprint density at radius 1 is 0.630 bits per heavy atom. The Labute approximate surface area is 172 Å². The molecular weight excluding hydrogens is 379 g/mol. The van der Waals surface area contributed by atoms with Crippen LogP contribution in [0.3, 0.4) is 0 Å². The standard InChI is InChI=1S/C22H28N4.Ni/c1-15-9-7-10-16(2)19(15)23-21-22(26(6)14-13-25(21)5)24-20-17(3)11-8-12-18(20)4;/h7-12H,13-14H2,1-6H3;. The van der Waals surface area contributed by atoms with Crippen molar-refractivity contribution in [2.45, 2.75) is 27.7 Å². The van der Waals surface area contributed by atoms with Crippen molar-refractivity contribution in [2.75, 3.05) is 27.2 Å². The van der Waals surface area contributed by atoms with Crippen LogP contribution in [0.2, 0.25) is 0 Å². The van der Waals surface area contributed by atoms with Crippen molar-refractivity contribution in [2.24, 2.45) is 9.98 Å². The number of nitrogens with zero attached hydrogens (tertiary/aromatic N) is 4. The van der Waals surface area contributed by atoms with Crippen molar-refractivity contribution < 1.29 is 16.5 Å². The Balaban J connectivity index is 0.00000261. The van der Waals surface area contributed by atoms with Crippen molar-refractivity contribution in [3.8, 4) is 0 Å². The van der Waals surface area contributed by atoms with Crippen LogP contribution in [-0.2, 0) is 16.5 Å². The number of aliphatic imine (C=N–C) groups is 2. The summed E-state index contributed by atoms with van der Waals surface area (Å²) in [5, 5.41) is 0. The van der Waals surface area contributed by atoms with Gasteiger partial charge in [0.15, 0.2) is 11.7 Å². The number of likely N-dealkylation sites (N-methyl/N-ethyl adjacent to an activating group) is 2. The molecule has 3 rings (SSSR count). The molecule has 0 amide bonds. The minimum Gasteiger partial charge on any atom is -0.355 e. The van der Waals surface area contributed by atoms with Crippen LogP contribution in [0.25, 0.3) is 0 Å². The van der Waals surface area contributed by atoms with Gasteiger partial charge in [0.1, 0.15) is 0 Å². The van der Waals surface area contributed by atoms with Crippen molar-refractivity contribution in [1.29, 1.82) is 0 Å². The van der Waals surface area contributed by atoms with Gasteiger partial charge in [0, 0.05) is 43.7 Å². The molecule has 0 spiro atoms. The van der Waals surface area contributed by atoms with Gasteiger partial charge in [0.2, 0.25) is 0 Å². The summed E-state index contributed by atoms with van der Waals surface area (Å²) in [7, 11) is 4.19. The van der Waals surface area contributed by atoms with Crippen LogP contribution >= 0.6 is 0 Å². The Morgan fingerprint density at radius 2 is 0.926 bits per heavy atom. The van der Waals surface area contributed by atoms with E-state index in [4.69, 9.17) is 9.98 Å². The predicted molar refractivity (Wildman–Crippen MR) is 111 cm³/mol. The molecule has 146 valence electrons. The van der Waals surface area contributed by atoms with Crippen molar-refractivity contribution in [3.63, 3.8) is 0 Å².